The highest BCUT2D eigenvalue weighted by Gasteiger charge is 2.22. The van der Waals surface area contributed by atoms with Crippen molar-refractivity contribution >= 4 is 0 Å². The van der Waals surface area contributed by atoms with E-state index in [2.05, 4.69) is 249 Å². The Hall–Kier alpha value is -11.9. The van der Waals surface area contributed by atoms with E-state index in [0.717, 1.165) is 111 Å². The first-order chi connectivity index (χ1) is 42.6. The number of nitriles is 1. The molecule has 0 aliphatic carbocycles. The number of benzene rings is 12. The average Bonchev–Trinajstić information content (AvgIpc) is 1.47. The highest BCUT2D eigenvalue weighted by molar-refractivity contribution is 5.96. The maximum atomic E-state index is 10.1. The van der Waals surface area contributed by atoms with Gasteiger partial charge in [-0.05, 0) is 90.0 Å². The van der Waals surface area contributed by atoms with Crippen molar-refractivity contribution in [1.29, 1.82) is 5.26 Å². The summed E-state index contributed by atoms with van der Waals surface area (Å²) in [6.45, 7) is 0. The lowest BCUT2D eigenvalue weighted by atomic mass is 9.87. The second-order valence-electron chi connectivity index (χ2n) is 20.8. The van der Waals surface area contributed by atoms with E-state index >= 15 is 0 Å². The van der Waals surface area contributed by atoms with Crippen molar-refractivity contribution < 1.29 is 0 Å². The first-order valence-electron chi connectivity index (χ1n) is 28.6. The Morgan fingerprint density at radius 3 is 0.779 bits per heavy atom. The molecule has 0 atom stereocenters. The Kier molecular flexibility index (Phi) is 14.3. The third-order valence-corrected chi connectivity index (χ3v) is 15.5. The van der Waals surface area contributed by atoms with E-state index in [1.807, 2.05) is 66.7 Å². The fraction of sp³-hybridized carbons (Fsp3) is 0. The highest BCUT2D eigenvalue weighted by atomic mass is 15.0. The highest BCUT2D eigenvalue weighted by Crippen LogP contribution is 2.43. The molecular weight excluding hydrogens is 1050 g/mol. The molecule has 2 aromatic heterocycles. The summed E-state index contributed by atoms with van der Waals surface area (Å²) in [4.78, 5) is 31.7. The number of aromatic nitrogens is 6. The van der Waals surface area contributed by atoms with Crippen LogP contribution in [0.25, 0.3) is 146 Å². The van der Waals surface area contributed by atoms with Crippen LogP contribution in [-0.2, 0) is 0 Å². The van der Waals surface area contributed by atoms with Crippen LogP contribution in [0.3, 0.4) is 0 Å². The van der Waals surface area contributed by atoms with Crippen LogP contribution < -0.4 is 0 Å². The van der Waals surface area contributed by atoms with Crippen LogP contribution in [0.15, 0.2) is 309 Å². The maximum absolute atomic E-state index is 10.1. The predicted octanol–water partition coefficient (Wildman–Crippen LogP) is 19.6. The third-order valence-electron chi connectivity index (χ3n) is 15.5. The molecule has 0 aliphatic heterocycles. The van der Waals surface area contributed by atoms with Gasteiger partial charge in [-0.3, -0.25) is 0 Å². The van der Waals surface area contributed by atoms with Gasteiger partial charge in [-0.2, -0.15) is 5.26 Å². The second-order valence-corrected chi connectivity index (χ2v) is 20.8. The molecule has 0 saturated heterocycles. The van der Waals surface area contributed by atoms with Crippen molar-refractivity contribution in [2.45, 2.75) is 0 Å². The van der Waals surface area contributed by atoms with Gasteiger partial charge in [0.1, 0.15) is 0 Å². The Bertz CT molecular complexity index is 4590. The monoisotopic (exact) mass is 1100 g/mol. The molecule has 0 unspecified atom stereocenters. The van der Waals surface area contributed by atoms with Gasteiger partial charge >= 0.3 is 0 Å². The van der Waals surface area contributed by atoms with E-state index < -0.39 is 0 Å². The quantitative estimate of drug-likeness (QED) is 0.113. The normalized spacial score (nSPS) is 11.0. The molecule has 7 nitrogen and oxygen atoms in total. The zero-order valence-electron chi connectivity index (χ0n) is 46.6. The first-order valence-corrected chi connectivity index (χ1v) is 28.6. The molecule has 0 saturated carbocycles. The molecule has 7 heteroatoms. The van der Waals surface area contributed by atoms with Gasteiger partial charge in [-0.1, -0.05) is 297 Å². The minimum absolute atomic E-state index is 0.546. The smallest absolute Gasteiger partial charge is 0.164 e. The fourth-order valence-corrected chi connectivity index (χ4v) is 11.4. The standard InChI is InChI=1S/C79H51N7/c80-52-53-23-21-32-62(51-53)68-42-22-41-67(58-43-47-60(48-44-58)74-81-76(69-37-17-13-33-63(69)54-24-5-1-6-25-54)85-77(82-74)70-38-18-14-34-64(70)55-26-7-2-8-27-55)73(68)59-45-49-61(50-46-59)75-83-78(71-39-19-15-35-65(71)56-28-9-3-10-29-56)86-79(84-75)72-40-20-16-36-66(72)57-30-11-4-12-31-57/h1-51H. The molecule has 0 N–H and O–H groups in total. The first kappa shape index (κ1) is 52.2. The minimum atomic E-state index is 0.546. The maximum Gasteiger partial charge on any atom is 0.164 e. The van der Waals surface area contributed by atoms with Gasteiger partial charge in [-0.25, -0.2) is 29.9 Å². The summed E-state index contributed by atoms with van der Waals surface area (Å²) in [7, 11) is 0. The number of rotatable bonds is 13. The topological polar surface area (TPSA) is 101 Å². The van der Waals surface area contributed by atoms with E-state index in [4.69, 9.17) is 29.9 Å². The summed E-state index contributed by atoms with van der Waals surface area (Å²) >= 11 is 0. The Morgan fingerprint density at radius 2 is 0.430 bits per heavy atom. The van der Waals surface area contributed by atoms with Crippen LogP contribution in [0.2, 0.25) is 0 Å². The molecule has 2 heterocycles. The molecule has 0 bridgehead atoms. The van der Waals surface area contributed by atoms with Crippen LogP contribution in [-0.4, -0.2) is 29.9 Å². The van der Waals surface area contributed by atoms with E-state index in [-0.39, 0.29) is 0 Å². The van der Waals surface area contributed by atoms with Crippen LogP contribution in [0.4, 0.5) is 0 Å². The number of hydrogen-bond donors (Lipinski definition) is 0. The van der Waals surface area contributed by atoms with Crippen molar-refractivity contribution in [1.82, 2.24) is 29.9 Å². The van der Waals surface area contributed by atoms with Crippen LogP contribution in [0, 0.1) is 11.3 Å². The molecular formula is C79H51N7. The van der Waals surface area contributed by atoms with Crippen LogP contribution >= 0.6 is 0 Å². The summed E-state index contributed by atoms with van der Waals surface area (Å²) in [5.41, 5.74) is 20.2. The number of hydrogen-bond acceptors (Lipinski definition) is 7. The largest absolute Gasteiger partial charge is 0.208 e. The summed E-state index contributed by atoms with van der Waals surface area (Å²) in [5.74, 6) is 3.40. The lowest BCUT2D eigenvalue weighted by molar-refractivity contribution is 1.07. The molecule has 0 aliphatic rings. The van der Waals surface area contributed by atoms with Crippen LogP contribution in [0.1, 0.15) is 5.56 Å². The van der Waals surface area contributed by atoms with Crippen molar-refractivity contribution in [2.75, 3.05) is 0 Å². The zero-order chi connectivity index (χ0) is 57.6. The molecule has 0 spiro atoms. The summed E-state index contributed by atoms with van der Waals surface area (Å²) in [6, 6.07) is 108. The summed E-state index contributed by atoms with van der Waals surface area (Å²) in [5, 5.41) is 10.1. The van der Waals surface area contributed by atoms with Gasteiger partial charge in [0.05, 0.1) is 11.6 Å². The molecule has 14 rings (SSSR count). The Balaban J connectivity index is 0.893. The van der Waals surface area contributed by atoms with Gasteiger partial charge in [0.2, 0.25) is 0 Å². The fourth-order valence-electron chi connectivity index (χ4n) is 11.4. The molecule has 14 aromatic rings. The molecule has 12 aromatic carbocycles. The van der Waals surface area contributed by atoms with E-state index in [1.54, 1.807) is 0 Å². The molecule has 0 amide bonds. The molecule has 0 radical (unpaired) electrons. The molecule has 0 fully saturated rings. The summed E-state index contributed by atoms with van der Waals surface area (Å²) in [6.07, 6.45) is 0. The molecule has 402 valence electrons. The van der Waals surface area contributed by atoms with Crippen LogP contribution in [0.5, 0.6) is 0 Å². The van der Waals surface area contributed by atoms with Gasteiger partial charge in [-0.15, -0.1) is 0 Å². The van der Waals surface area contributed by atoms with Gasteiger partial charge < -0.3 is 0 Å². The SMILES string of the molecule is N#Cc1cccc(-c2cccc(-c3ccc(-c4nc(-c5ccccc5-c5ccccc5)nc(-c5ccccc5-c5ccccc5)n4)cc3)c2-c2ccc(-c3nc(-c4ccccc4-c4ccccc4)nc(-c4ccccc4-c4ccccc4)n3)cc2)c1. The van der Waals surface area contributed by atoms with Crippen molar-refractivity contribution in [2.24, 2.45) is 0 Å². The van der Waals surface area contributed by atoms with Gasteiger partial charge in [0, 0.05) is 33.4 Å². The van der Waals surface area contributed by atoms with Crippen molar-refractivity contribution in [3.8, 4) is 152 Å². The number of nitrogens with zero attached hydrogens (tertiary/aromatic N) is 7. The Labute approximate surface area is 499 Å². The lowest BCUT2D eigenvalue weighted by Crippen LogP contribution is -2.02. The van der Waals surface area contributed by atoms with E-state index in [9.17, 15) is 5.26 Å². The third kappa shape index (κ3) is 10.5. The zero-order valence-corrected chi connectivity index (χ0v) is 46.6. The van der Waals surface area contributed by atoms with Gasteiger partial charge in [0.15, 0.2) is 34.9 Å². The summed E-state index contributed by atoms with van der Waals surface area (Å²) < 4.78 is 0. The van der Waals surface area contributed by atoms with Gasteiger partial charge in [0.25, 0.3) is 0 Å². The lowest BCUT2D eigenvalue weighted by Gasteiger charge is -2.17. The second kappa shape index (κ2) is 23.6. The van der Waals surface area contributed by atoms with Crippen molar-refractivity contribution in [3.05, 3.63) is 315 Å². The van der Waals surface area contributed by atoms with Crippen molar-refractivity contribution in [3.63, 3.8) is 0 Å². The predicted molar refractivity (Wildman–Crippen MR) is 349 cm³/mol. The minimum Gasteiger partial charge on any atom is -0.208 e. The average molecular weight is 1100 g/mol. The Morgan fingerprint density at radius 1 is 0.186 bits per heavy atom. The molecule has 86 heavy (non-hydrogen) atoms. The van der Waals surface area contributed by atoms with E-state index in [0.29, 0.717) is 40.5 Å². The van der Waals surface area contributed by atoms with E-state index in [1.165, 1.54) is 0 Å².